The number of carboxylic acids is 2. The molecule has 3 aliphatic heterocycles. The van der Waals surface area contributed by atoms with Gasteiger partial charge in [0.25, 0.3) is 0 Å². The molecule has 5 aliphatic rings. The number of ether oxygens (including phenoxy) is 3. The average molecular weight is 496 g/mol. The van der Waals surface area contributed by atoms with Crippen molar-refractivity contribution in [2.45, 2.75) is 70.5 Å². The van der Waals surface area contributed by atoms with E-state index in [0.717, 1.165) is 38.8 Å². The van der Waals surface area contributed by atoms with Gasteiger partial charge >= 0.3 is 23.9 Å². The fraction of sp³-hybridized carbons (Fsp3) is 0.840. The van der Waals surface area contributed by atoms with Crippen LogP contribution in [0.15, 0.2) is 0 Å². The summed E-state index contributed by atoms with van der Waals surface area (Å²) in [6, 6.07) is 0. The number of esters is 2. The lowest BCUT2D eigenvalue weighted by Crippen LogP contribution is -2.51. The summed E-state index contributed by atoms with van der Waals surface area (Å²) in [6.07, 6.45) is 7.60. The van der Waals surface area contributed by atoms with Gasteiger partial charge in [-0.1, -0.05) is 6.92 Å². The van der Waals surface area contributed by atoms with E-state index in [1.165, 1.54) is 19.3 Å². The van der Waals surface area contributed by atoms with Crippen LogP contribution in [0.4, 0.5) is 0 Å². The average Bonchev–Trinajstić information content (AvgIpc) is 3.51. The number of hydrogen-bond donors (Lipinski definition) is 2. The molecule has 3 saturated heterocycles. The smallest absolute Gasteiger partial charge is 0.414 e. The standard InChI is InChI=1S/C23H35NO5.C2H2O4/c1-3-27-20(25)15-6-4-9-24(12-15)13-17-16-10-19-22(2,11-18(16)29-21(17)26)7-5-8-23(19)14-28-23;3-1(4)2(5)6/h15-19H,3-14H2,1-2H3;(H,3,4)(H,5,6)/t15?,16-,17?,18-,19?,22-,23?;/m1./s1. The number of carboxylic acid groups (broad SMARTS) is 2. The summed E-state index contributed by atoms with van der Waals surface area (Å²) in [5.41, 5.74) is 0.333. The number of likely N-dealkylation sites (tertiary alicyclic amines) is 1. The maximum absolute atomic E-state index is 12.8. The van der Waals surface area contributed by atoms with Gasteiger partial charge in [0, 0.05) is 19.0 Å². The molecule has 5 fully saturated rings. The van der Waals surface area contributed by atoms with Crippen molar-refractivity contribution in [3.8, 4) is 0 Å². The lowest BCUT2D eigenvalue weighted by molar-refractivity contribution is -0.159. The zero-order chi connectivity index (χ0) is 25.4. The van der Waals surface area contributed by atoms with Crippen LogP contribution in [0.3, 0.4) is 0 Å². The fourth-order valence-electron chi connectivity index (χ4n) is 7.12. The second kappa shape index (κ2) is 10.0. The summed E-state index contributed by atoms with van der Waals surface area (Å²) >= 11 is 0. The van der Waals surface area contributed by atoms with E-state index in [1.54, 1.807) is 0 Å². The first-order valence-electron chi connectivity index (χ1n) is 12.8. The highest BCUT2D eigenvalue weighted by atomic mass is 16.6. The monoisotopic (exact) mass is 495 g/mol. The predicted molar refractivity (Wildman–Crippen MR) is 121 cm³/mol. The maximum atomic E-state index is 12.8. The van der Waals surface area contributed by atoms with Gasteiger partial charge in [-0.3, -0.25) is 9.59 Å². The van der Waals surface area contributed by atoms with Crippen LogP contribution >= 0.6 is 0 Å². The molecule has 10 nitrogen and oxygen atoms in total. The molecular formula is C25H37NO9. The lowest BCUT2D eigenvalue weighted by atomic mass is 9.53. The first-order valence-corrected chi connectivity index (χ1v) is 12.8. The number of aliphatic carboxylic acids is 2. The van der Waals surface area contributed by atoms with E-state index in [-0.39, 0.29) is 40.9 Å². The van der Waals surface area contributed by atoms with Gasteiger partial charge in [-0.25, -0.2) is 9.59 Å². The summed E-state index contributed by atoms with van der Waals surface area (Å²) in [7, 11) is 0. The number of hydrogen-bond acceptors (Lipinski definition) is 8. The van der Waals surface area contributed by atoms with Crippen LogP contribution in [0.25, 0.3) is 0 Å². The number of piperidine rings is 1. The van der Waals surface area contributed by atoms with Crippen LogP contribution in [0.2, 0.25) is 0 Å². The molecule has 1 spiro atoms. The Balaban J connectivity index is 0.000000431. The van der Waals surface area contributed by atoms with E-state index in [1.807, 2.05) is 6.92 Å². The third-order valence-corrected chi connectivity index (χ3v) is 8.84. The minimum Gasteiger partial charge on any atom is -0.473 e. The van der Waals surface area contributed by atoms with Crippen LogP contribution in [0.1, 0.15) is 58.8 Å². The van der Waals surface area contributed by atoms with Crippen molar-refractivity contribution in [3.05, 3.63) is 0 Å². The van der Waals surface area contributed by atoms with E-state index in [9.17, 15) is 9.59 Å². The quantitative estimate of drug-likeness (QED) is 0.337. The highest BCUT2D eigenvalue weighted by Gasteiger charge is 2.65. The molecule has 7 atom stereocenters. The normalized spacial score (nSPS) is 39.9. The fourth-order valence-corrected chi connectivity index (χ4v) is 7.12. The number of carbonyl (C=O) groups excluding carboxylic acids is 2. The topological polar surface area (TPSA) is 143 Å². The van der Waals surface area contributed by atoms with Crippen molar-refractivity contribution in [2.75, 3.05) is 32.8 Å². The number of fused-ring (bicyclic) bond motifs is 3. The van der Waals surface area contributed by atoms with Crippen molar-refractivity contribution in [2.24, 2.45) is 29.1 Å². The number of rotatable bonds is 4. The van der Waals surface area contributed by atoms with Crippen molar-refractivity contribution in [1.82, 2.24) is 4.90 Å². The van der Waals surface area contributed by atoms with E-state index in [4.69, 9.17) is 34.0 Å². The molecule has 0 amide bonds. The Morgan fingerprint density at radius 2 is 1.89 bits per heavy atom. The molecule has 0 aromatic rings. The molecule has 2 aliphatic carbocycles. The van der Waals surface area contributed by atoms with Gasteiger partial charge in [-0.2, -0.15) is 0 Å². The van der Waals surface area contributed by atoms with Crippen LogP contribution in [-0.4, -0.2) is 83.5 Å². The molecule has 4 unspecified atom stereocenters. The minimum atomic E-state index is -1.82. The zero-order valence-electron chi connectivity index (χ0n) is 20.6. The third-order valence-electron chi connectivity index (χ3n) is 8.84. The van der Waals surface area contributed by atoms with Crippen molar-refractivity contribution in [1.29, 1.82) is 0 Å². The Labute approximate surface area is 205 Å². The third kappa shape index (κ3) is 5.33. The molecular weight excluding hydrogens is 458 g/mol. The van der Waals surface area contributed by atoms with Crippen LogP contribution in [0.5, 0.6) is 0 Å². The van der Waals surface area contributed by atoms with Gasteiger partial charge in [0.1, 0.15) is 6.10 Å². The molecule has 2 N–H and O–H groups in total. The number of epoxide rings is 1. The minimum absolute atomic E-state index is 0.0220. The summed E-state index contributed by atoms with van der Waals surface area (Å²) in [4.78, 5) is 45.5. The Bertz CT molecular complexity index is 844. The SMILES string of the molecule is CCOC(=O)C1CCCN(CC2C(=O)O[C@@H]3C[C@@]4(C)CCCC5(CO5)C4C[C@H]23)C1.O=C(O)C(=O)O. The van der Waals surface area contributed by atoms with Gasteiger partial charge < -0.3 is 29.3 Å². The summed E-state index contributed by atoms with van der Waals surface area (Å²) in [5.74, 6) is -3.04. The van der Waals surface area contributed by atoms with Gasteiger partial charge in [0.05, 0.1) is 30.7 Å². The predicted octanol–water partition coefficient (Wildman–Crippen LogP) is 1.94. The van der Waals surface area contributed by atoms with Crippen molar-refractivity contribution >= 4 is 23.9 Å². The first kappa shape index (κ1) is 25.9. The van der Waals surface area contributed by atoms with Gasteiger partial charge in [0.15, 0.2) is 0 Å². The Morgan fingerprint density at radius 3 is 2.51 bits per heavy atom. The molecule has 5 rings (SSSR count). The highest BCUT2D eigenvalue weighted by molar-refractivity contribution is 6.27. The van der Waals surface area contributed by atoms with E-state index in [2.05, 4.69) is 11.8 Å². The summed E-state index contributed by atoms with van der Waals surface area (Å²) in [5, 5.41) is 14.8. The van der Waals surface area contributed by atoms with Gasteiger partial charge in [0.2, 0.25) is 0 Å². The molecule has 2 saturated carbocycles. The Kier molecular flexibility index (Phi) is 7.43. The first-order chi connectivity index (χ1) is 16.6. The van der Waals surface area contributed by atoms with E-state index >= 15 is 0 Å². The molecule has 35 heavy (non-hydrogen) atoms. The van der Waals surface area contributed by atoms with Crippen LogP contribution in [-0.2, 0) is 33.4 Å². The number of carbonyl (C=O) groups is 4. The molecule has 0 aromatic heterocycles. The van der Waals surface area contributed by atoms with E-state index < -0.39 is 11.9 Å². The largest absolute Gasteiger partial charge is 0.473 e. The Hall–Kier alpha value is -2.20. The van der Waals surface area contributed by atoms with Crippen LogP contribution < -0.4 is 0 Å². The van der Waals surface area contributed by atoms with Crippen LogP contribution in [0, 0.1) is 29.1 Å². The molecule has 3 heterocycles. The number of nitrogens with zero attached hydrogens (tertiary/aromatic N) is 1. The summed E-state index contributed by atoms with van der Waals surface area (Å²) in [6.45, 7) is 7.94. The maximum Gasteiger partial charge on any atom is 0.414 e. The van der Waals surface area contributed by atoms with Gasteiger partial charge in [-0.15, -0.1) is 0 Å². The molecule has 0 radical (unpaired) electrons. The Morgan fingerprint density at radius 1 is 1.17 bits per heavy atom. The molecule has 10 heteroatoms. The van der Waals surface area contributed by atoms with Gasteiger partial charge in [-0.05, 0) is 69.7 Å². The zero-order valence-corrected chi connectivity index (χ0v) is 20.6. The summed E-state index contributed by atoms with van der Waals surface area (Å²) < 4.78 is 17.2. The molecule has 196 valence electrons. The van der Waals surface area contributed by atoms with Crippen molar-refractivity contribution in [3.63, 3.8) is 0 Å². The highest BCUT2D eigenvalue weighted by Crippen LogP contribution is 2.62. The second-order valence-corrected chi connectivity index (χ2v) is 11.1. The lowest BCUT2D eigenvalue weighted by Gasteiger charge is -2.51. The van der Waals surface area contributed by atoms with Crippen molar-refractivity contribution < 1.29 is 43.6 Å². The molecule has 0 aromatic carbocycles. The van der Waals surface area contributed by atoms with E-state index in [0.29, 0.717) is 31.5 Å². The molecule has 0 bridgehead atoms. The second-order valence-electron chi connectivity index (χ2n) is 11.1.